The van der Waals surface area contributed by atoms with Gasteiger partial charge >= 0.3 is 0 Å². The molecule has 9 heteroatoms. The third kappa shape index (κ3) is 5.85. The van der Waals surface area contributed by atoms with Crippen LogP contribution in [0.4, 0.5) is 0 Å². The predicted octanol–water partition coefficient (Wildman–Crippen LogP) is 1.60. The normalized spacial score (nSPS) is 17.7. The number of aliphatic hydroxyl groups is 1. The number of carbonyl (C=O) groups is 3. The number of aliphatic hydroxyl groups excluding tert-OH is 1. The lowest BCUT2D eigenvalue weighted by molar-refractivity contribution is -0.143. The summed E-state index contributed by atoms with van der Waals surface area (Å²) in [6.45, 7) is 0.201. The fraction of sp³-hybridized carbons (Fsp3) is 0.348. The third-order valence-electron chi connectivity index (χ3n) is 5.41. The Morgan fingerprint density at radius 3 is 2.56 bits per heavy atom. The van der Waals surface area contributed by atoms with Crippen LogP contribution in [-0.4, -0.2) is 53.0 Å². The van der Waals surface area contributed by atoms with Crippen molar-refractivity contribution in [3.8, 4) is 0 Å². The maximum absolute atomic E-state index is 13.1. The van der Waals surface area contributed by atoms with Gasteiger partial charge in [-0.2, -0.15) is 0 Å². The quantitative estimate of drug-likeness (QED) is 0.494. The first-order valence-corrected chi connectivity index (χ1v) is 10.7. The minimum absolute atomic E-state index is 0.151. The number of nitrogens with zero attached hydrogens (tertiary/aromatic N) is 1. The zero-order valence-electron chi connectivity index (χ0n) is 17.7. The minimum Gasteiger partial charge on any atom is -0.381 e. The molecule has 3 atom stereocenters. The number of hydrogen-bond acceptors (Lipinski definition) is 5. The number of halogens is 1. The van der Waals surface area contributed by atoms with Crippen molar-refractivity contribution in [2.24, 2.45) is 0 Å². The average molecular weight is 460 g/mol. The van der Waals surface area contributed by atoms with Gasteiger partial charge in [0.1, 0.15) is 6.04 Å². The molecule has 3 N–H and O–H groups in total. The van der Waals surface area contributed by atoms with Gasteiger partial charge in [0, 0.05) is 18.0 Å². The van der Waals surface area contributed by atoms with E-state index in [0.717, 1.165) is 11.1 Å². The molecule has 1 aliphatic rings. The molecule has 1 aliphatic heterocycles. The summed E-state index contributed by atoms with van der Waals surface area (Å²) >= 11 is 6.23. The molecule has 3 rings (SSSR count). The number of hydrogen-bond donors (Lipinski definition) is 3. The van der Waals surface area contributed by atoms with E-state index in [0.29, 0.717) is 11.4 Å². The van der Waals surface area contributed by atoms with E-state index in [4.69, 9.17) is 11.6 Å². The lowest BCUT2D eigenvalue weighted by atomic mass is 10.00. The van der Waals surface area contributed by atoms with Gasteiger partial charge in [-0.05, 0) is 30.0 Å². The lowest BCUT2D eigenvalue weighted by Gasteiger charge is -2.28. The molecule has 0 aliphatic carbocycles. The fourth-order valence-electron chi connectivity index (χ4n) is 3.75. The number of carbonyl (C=O) groups excluding carboxylic acids is 3. The van der Waals surface area contributed by atoms with Crippen LogP contribution in [0.5, 0.6) is 0 Å². The summed E-state index contributed by atoms with van der Waals surface area (Å²) in [7, 11) is 1.26. The van der Waals surface area contributed by atoms with Crippen LogP contribution in [0.1, 0.15) is 24.0 Å². The van der Waals surface area contributed by atoms with E-state index in [-0.39, 0.29) is 25.3 Å². The molecule has 32 heavy (non-hydrogen) atoms. The smallest absolute Gasteiger partial charge is 0.274 e. The van der Waals surface area contributed by atoms with Crippen LogP contribution in [-0.2, 0) is 32.2 Å². The van der Waals surface area contributed by atoms with E-state index in [2.05, 4.69) is 15.6 Å². The molecule has 170 valence electrons. The summed E-state index contributed by atoms with van der Waals surface area (Å²) in [5.74, 6) is -1.36. The zero-order chi connectivity index (χ0) is 23.1. The van der Waals surface area contributed by atoms with E-state index < -0.39 is 30.0 Å². The number of benzene rings is 2. The Kier molecular flexibility index (Phi) is 8.21. The molecule has 0 bridgehead atoms. The van der Waals surface area contributed by atoms with Gasteiger partial charge in [-0.3, -0.25) is 19.2 Å². The number of hydroxylamine groups is 1. The first kappa shape index (κ1) is 23.7. The SMILES string of the molecule is CONC(=O)C(O)C(Cc1ccccc1)NC(=O)[C@H]1CCC(=O)N1Cc1ccccc1Cl. The summed E-state index contributed by atoms with van der Waals surface area (Å²) in [5, 5.41) is 13.8. The van der Waals surface area contributed by atoms with Gasteiger partial charge in [0.05, 0.1) is 13.2 Å². The molecule has 0 aromatic heterocycles. The van der Waals surface area contributed by atoms with Crippen molar-refractivity contribution in [1.82, 2.24) is 15.7 Å². The van der Waals surface area contributed by atoms with Crippen molar-refractivity contribution in [2.75, 3.05) is 7.11 Å². The van der Waals surface area contributed by atoms with Gasteiger partial charge in [0.2, 0.25) is 11.8 Å². The van der Waals surface area contributed by atoms with Crippen LogP contribution in [0, 0.1) is 0 Å². The van der Waals surface area contributed by atoms with Gasteiger partial charge in [-0.25, -0.2) is 5.48 Å². The fourth-order valence-corrected chi connectivity index (χ4v) is 3.94. The van der Waals surface area contributed by atoms with Crippen LogP contribution in [0.2, 0.25) is 5.02 Å². The number of likely N-dealkylation sites (tertiary alicyclic amines) is 1. The first-order chi connectivity index (χ1) is 15.4. The lowest BCUT2D eigenvalue weighted by Crippen LogP contribution is -2.55. The standard InChI is InChI=1S/C23H26ClN3O5/c1-32-26-23(31)21(29)18(13-15-7-3-2-4-8-15)25-22(30)19-11-12-20(28)27(19)14-16-9-5-6-10-17(16)24/h2-10,18-19,21,29H,11-14H2,1H3,(H,25,30)(H,26,31)/t18?,19-,21?/m1/s1. The molecule has 0 radical (unpaired) electrons. The maximum atomic E-state index is 13.1. The second-order valence-electron chi connectivity index (χ2n) is 7.59. The van der Waals surface area contributed by atoms with Crippen molar-refractivity contribution in [2.45, 2.75) is 44.0 Å². The molecule has 1 heterocycles. The van der Waals surface area contributed by atoms with E-state index >= 15 is 0 Å². The Bertz CT molecular complexity index is 956. The Labute approximate surface area is 191 Å². The molecule has 2 unspecified atom stereocenters. The second-order valence-corrected chi connectivity index (χ2v) is 7.99. The summed E-state index contributed by atoms with van der Waals surface area (Å²) < 4.78 is 0. The van der Waals surface area contributed by atoms with Crippen molar-refractivity contribution >= 4 is 29.3 Å². The summed E-state index contributed by atoms with van der Waals surface area (Å²) in [6, 6.07) is 14.7. The number of nitrogens with one attached hydrogen (secondary N) is 2. The maximum Gasteiger partial charge on any atom is 0.274 e. The van der Waals surface area contributed by atoms with Crippen LogP contribution < -0.4 is 10.8 Å². The highest BCUT2D eigenvalue weighted by Crippen LogP contribution is 2.25. The highest BCUT2D eigenvalue weighted by Gasteiger charge is 2.38. The molecular weight excluding hydrogens is 434 g/mol. The first-order valence-electron chi connectivity index (χ1n) is 10.3. The summed E-state index contributed by atoms with van der Waals surface area (Å²) in [5.41, 5.74) is 3.66. The highest BCUT2D eigenvalue weighted by atomic mass is 35.5. The Balaban J connectivity index is 1.76. The van der Waals surface area contributed by atoms with Gasteiger partial charge in [0.15, 0.2) is 6.10 Å². The molecule has 8 nitrogen and oxygen atoms in total. The highest BCUT2D eigenvalue weighted by molar-refractivity contribution is 6.31. The number of amides is 3. The van der Waals surface area contributed by atoms with E-state index in [1.165, 1.54) is 12.0 Å². The molecule has 2 aromatic carbocycles. The third-order valence-corrected chi connectivity index (χ3v) is 5.78. The molecule has 2 aromatic rings. The van der Waals surface area contributed by atoms with E-state index in [1.807, 2.05) is 36.4 Å². The molecular formula is C23H26ClN3O5. The van der Waals surface area contributed by atoms with Gasteiger partial charge in [-0.15, -0.1) is 0 Å². The van der Waals surface area contributed by atoms with Gasteiger partial charge in [0.25, 0.3) is 5.91 Å². The van der Waals surface area contributed by atoms with Crippen molar-refractivity contribution < 1.29 is 24.3 Å². The number of rotatable bonds is 9. The molecule has 3 amide bonds. The molecule has 0 saturated carbocycles. The second kappa shape index (κ2) is 11.1. The Hall–Kier alpha value is -2.94. The van der Waals surface area contributed by atoms with Crippen LogP contribution in [0.25, 0.3) is 0 Å². The summed E-state index contributed by atoms with van der Waals surface area (Å²) in [6.07, 6.45) is -0.754. The monoisotopic (exact) mass is 459 g/mol. The van der Waals surface area contributed by atoms with Crippen LogP contribution in [0.3, 0.4) is 0 Å². The van der Waals surface area contributed by atoms with Crippen LogP contribution in [0.15, 0.2) is 54.6 Å². The molecule has 1 fully saturated rings. The average Bonchev–Trinajstić information content (AvgIpc) is 3.15. The minimum atomic E-state index is -1.55. The topological polar surface area (TPSA) is 108 Å². The Morgan fingerprint density at radius 2 is 1.88 bits per heavy atom. The van der Waals surface area contributed by atoms with E-state index in [9.17, 15) is 19.5 Å². The van der Waals surface area contributed by atoms with E-state index in [1.54, 1.807) is 18.2 Å². The van der Waals surface area contributed by atoms with Crippen LogP contribution >= 0.6 is 11.6 Å². The molecule has 0 spiro atoms. The summed E-state index contributed by atoms with van der Waals surface area (Å²) in [4.78, 5) is 43.9. The van der Waals surface area contributed by atoms with Crippen molar-refractivity contribution in [3.63, 3.8) is 0 Å². The molecule has 1 saturated heterocycles. The van der Waals surface area contributed by atoms with Crippen molar-refractivity contribution in [1.29, 1.82) is 0 Å². The largest absolute Gasteiger partial charge is 0.381 e. The Morgan fingerprint density at radius 1 is 1.19 bits per heavy atom. The zero-order valence-corrected chi connectivity index (χ0v) is 18.4. The van der Waals surface area contributed by atoms with Crippen molar-refractivity contribution in [3.05, 3.63) is 70.7 Å². The van der Waals surface area contributed by atoms with Gasteiger partial charge in [-0.1, -0.05) is 60.1 Å². The van der Waals surface area contributed by atoms with Gasteiger partial charge < -0.3 is 15.3 Å². The predicted molar refractivity (Wildman–Crippen MR) is 118 cm³/mol.